The molecule has 3 rings (SSSR count). The number of methoxy groups -OCH3 is 1. The molecule has 1 aliphatic rings. The summed E-state index contributed by atoms with van der Waals surface area (Å²) < 4.78 is 10.5. The maximum atomic E-state index is 5.35. The van der Waals surface area contributed by atoms with Crippen LogP contribution in [0.2, 0.25) is 0 Å². The third-order valence-corrected chi connectivity index (χ3v) is 4.17. The van der Waals surface area contributed by atoms with Gasteiger partial charge in [0.05, 0.1) is 18.0 Å². The fourth-order valence-electron chi connectivity index (χ4n) is 2.10. The average Bonchev–Trinajstić information content (AvgIpc) is 3.08. The second-order valence-corrected chi connectivity index (χ2v) is 5.42. The van der Waals surface area contributed by atoms with Crippen molar-refractivity contribution in [2.24, 2.45) is 0 Å². The Bertz CT molecular complexity index is 553. The Hall–Kier alpha value is -1.44. The lowest BCUT2D eigenvalue weighted by atomic mass is 10.2. The van der Waals surface area contributed by atoms with E-state index in [1.165, 1.54) is 11.3 Å². The topological polar surface area (TPSA) is 63.4 Å². The molecule has 1 unspecified atom stereocenters. The smallest absolute Gasteiger partial charge is 0.268 e. The van der Waals surface area contributed by atoms with Crippen LogP contribution in [-0.2, 0) is 0 Å². The standard InChI is InChI=1S/C12H16N4O2S/c1-16-4-3-13-6-9(16)11-14-12(18-15-11)10-5-8(17-2)7-19-10/h5,7,9,13H,3-4,6H2,1-2H3. The molecule has 0 aliphatic carbocycles. The number of aromatic nitrogens is 2. The number of nitrogens with zero attached hydrogens (tertiary/aromatic N) is 3. The van der Waals surface area contributed by atoms with Gasteiger partial charge in [0.15, 0.2) is 5.82 Å². The number of nitrogens with one attached hydrogen (secondary N) is 1. The van der Waals surface area contributed by atoms with Crippen molar-refractivity contribution < 1.29 is 9.26 Å². The van der Waals surface area contributed by atoms with Crippen molar-refractivity contribution in [2.75, 3.05) is 33.8 Å². The number of likely N-dealkylation sites (N-methyl/N-ethyl adjacent to an activating group) is 1. The third-order valence-electron chi connectivity index (χ3n) is 3.27. The summed E-state index contributed by atoms with van der Waals surface area (Å²) in [6.45, 7) is 2.84. The molecule has 1 fully saturated rings. The van der Waals surface area contributed by atoms with Gasteiger partial charge >= 0.3 is 0 Å². The molecular formula is C12H16N4O2S. The van der Waals surface area contributed by atoms with Crippen molar-refractivity contribution in [1.82, 2.24) is 20.4 Å². The Morgan fingerprint density at radius 3 is 3.21 bits per heavy atom. The fourth-order valence-corrected chi connectivity index (χ4v) is 2.88. The number of hydrogen-bond acceptors (Lipinski definition) is 7. The summed E-state index contributed by atoms with van der Waals surface area (Å²) in [5.41, 5.74) is 0. The van der Waals surface area contributed by atoms with Gasteiger partial charge in [0.25, 0.3) is 5.89 Å². The summed E-state index contributed by atoms with van der Waals surface area (Å²) in [6.07, 6.45) is 0. The quantitative estimate of drug-likeness (QED) is 0.916. The number of hydrogen-bond donors (Lipinski definition) is 1. The molecule has 0 spiro atoms. The molecule has 7 heteroatoms. The van der Waals surface area contributed by atoms with Crippen molar-refractivity contribution >= 4 is 11.3 Å². The summed E-state index contributed by atoms with van der Waals surface area (Å²) in [4.78, 5) is 7.67. The second-order valence-electron chi connectivity index (χ2n) is 4.51. The Labute approximate surface area is 115 Å². The van der Waals surface area contributed by atoms with E-state index in [0.717, 1.165) is 36.1 Å². The molecular weight excluding hydrogens is 264 g/mol. The van der Waals surface area contributed by atoms with E-state index in [1.54, 1.807) is 7.11 Å². The summed E-state index contributed by atoms with van der Waals surface area (Å²) >= 11 is 1.54. The van der Waals surface area contributed by atoms with Crippen LogP contribution in [0.15, 0.2) is 16.0 Å². The van der Waals surface area contributed by atoms with Gasteiger partial charge in [0.2, 0.25) is 0 Å². The fraction of sp³-hybridized carbons (Fsp3) is 0.500. The first kappa shape index (κ1) is 12.6. The van der Waals surface area contributed by atoms with Gasteiger partial charge in [-0.05, 0) is 7.05 Å². The van der Waals surface area contributed by atoms with E-state index >= 15 is 0 Å². The molecule has 3 heterocycles. The minimum atomic E-state index is 0.174. The lowest BCUT2D eigenvalue weighted by molar-refractivity contribution is 0.190. The molecule has 1 N–H and O–H groups in total. The average molecular weight is 280 g/mol. The van der Waals surface area contributed by atoms with Gasteiger partial charge in [0, 0.05) is 31.1 Å². The first-order valence-corrected chi connectivity index (χ1v) is 7.03. The summed E-state index contributed by atoms with van der Waals surface area (Å²) in [5.74, 6) is 2.11. The zero-order valence-electron chi connectivity index (χ0n) is 10.9. The number of piperazine rings is 1. The highest BCUT2D eigenvalue weighted by atomic mass is 32.1. The van der Waals surface area contributed by atoms with Gasteiger partial charge < -0.3 is 14.6 Å². The highest BCUT2D eigenvalue weighted by Gasteiger charge is 2.25. The Morgan fingerprint density at radius 2 is 2.47 bits per heavy atom. The maximum absolute atomic E-state index is 5.35. The van der Waals surface area contributed by atoms with Crippen LogP contribution in [-0.4, -0.2) is 48.8 Å². The molecule has 0 aromatic carbocycles. The van der Waals surface area contributed by atoms with Crippen LogP contribution in [0.3, 0.4) is 0 Å². The molecule has 0 amide bonds. The van der Waals surface area contributed by atoms with Gasteiger partial charge in [-0.15, -0.1) is 11.3 Å². The van der Waals surface area contributed by atoms with E-state index in [2.05, 4.69) is 27.4 Å². The minimum Gasteiger partial charge on any atom is -0.496 e. The van der Waals surface area contributed by atoms with E-state index in [0.29, 0.717) is 5.89 Å². The van der Waals surface area contributed by atoms with E-state index < -0.39 is 0 Å². The van der Waals surface area contributed by atoms with E-state index in [-0.39, 0.29) is 6.04 Å². The SMILES string of the molecule is COc1csc(-c2nc(C3CNCCN3C)no2)c1. The normalized spacial score (nSPS) is 20.6. The molecule has 1 saturated heterocycles. The molecule has 102 valence electrons. The van der Waals surface area contributed by atoms with E-state index in [4.69, 9.17) is 9.26 Å². The van der Waals surface area contributed by atoms with Crippen LogP contribution in [0.1, 0.15) is 11.9 Å². The lowest BCUT2D eigenvalue weighted by Gasteiger charge is -2.30. The van der Waals surface area contributed by atoms with Crippen LogP contribution in [0.25, 0.3) is 10.8 Å². The molecule has 6 nitrogen and oxygen atoms in total. The highest BCUT2D eigenvalue weighted by Crippen LogP contribution is 2.30. The monoisotopic (exact) mass is 280 g/mol. The molecule has 0 saturated carbocycles. The lowest BCUT2D eigenvalue weighted by Crippen LogP contribution is -2.44. The zero-order valence-corrected chi connectivity index (χ0v) is 11.7. The molecule has 0 radical (unpaired) electrons. The molecule has 2 aromatic heterocycles. The summed E-state index contributed by atoms with van der Waals surface area (Å²) in [5, 5.41) is 9.37. The zero-order chi connectivity index (χ0) is 13.2. The number of thiophene rings is 1. The van der Waals surface area contributed by atoms with Crippen LogP contribution in [0, 0.1) is 0 Å². The largest absolute Gasteiger partial charge is 0.496 e. The van der Waals surface area contributed by atoms with Crippen LogP contribution < -0.4 is 10.1 Å². The molecule has 1 atom stereocenters. The first-order chi connectivity index (χ1) is 9.28. The Morgan fingerprint density at radius 1 is 1.58 bits per heavy atom. The molecule has 2 aromatic rings. The van der Waals surface area contributed by atoms with E-state index in [1.807, 2.05) is 11.4 Å². The molecule has 19 heavy (non-hydrogen) atoms. The van der Waals surface area contributed by atoms with Gasteiger partial charge in [-0.2, -0.15) is 4.98 Å². The minimum absolute atomic E-state index is 0.174. The van der Waals surface area contributed by atoms with Gasteiger partial charge in [0.1, 0.15) is 5.75 Å². The maximum Gasteiger partial charge on any atom is 0.268 e. The van der Waals surface area contributed by atoms with Gasteiger partial charge in [-0.1, -0.05) is 5.16 Å². The number of rotatable bonds is 3. The van der Waals surface area contributed by atoms with Crippen molar-refractivity contribution in [2.45, 2.75) is 6.04 Å². The second kappa shape index (κ2) is 5.28. The van der Waals surface area contributed by atoms with Gasteiger partial charge in [-0.25, -0.2) is 0 Å². The van der Waals surface area contributed by atoms with Crippen molar-refractivity contribution in [3.8, 4) is 16.5 Å². The highest BCUT2D eigenvalue weighted by molar-refractivity contribution is 7.13. The Balaban J connectivity index is 1.82. The van der Waals surface area contributed by atoms with E-state index in [9.17, 15) is 0 Å². The van der Waals surface area contributed by atoms with Crippen molar-refractivity contribution in [1.29, 1.82) is 0 Å². The van der Waals surface area contributed by atoms with Crippen LogP contribution >= 0.6 is 11.3 Å². The van der Waals surface area contributed by atoms with Crippen LogP contribution in [0.4, 0.5) is 0 Å². The predicted molar refractivity (Wildman–Crippen MR) is 72.4 cm³/mol. The Kier molecular flexibility index (Phi) is 3.50. The van der Waals surface area contributed by atoms with Crippen molar-refractivity contribution in [3.05, 3.63) is 17.3 Å². The third kappa shape index (κ3) is 2.49. The first-order valence-electron chi connectivity index (χ1n) is 6.15. The molecule has 1 aliphatic heterocycles. The van der Waals surface area contributed by atoms with Gasteiger partial charge in [-0.3, -0.25) is 4.90 Å². The summed E-state index contributed by atoms with van der Waals surface area (Å²) in [7, 11) is 3.73. The predicted octanol–water partition coefficient (Wildman–Crippen LogP) is 1.38. The summed E-state index contributed by atoms with van der Waals surface area (Å²) in [6, 6.07) is 2.08. The van der Waals surface area contributed by atoms with Crippen LogP contribution in [0.5, 0.6) is 5.75 Å². The number of ether oxygens (including phenoxy) is 1. The van der Waals surface area contributed by atoms with Crippen molar-refractivity contribution in [3.63, 3.8) is 0 Å². The molecule has 0 bridgehead atoms.